The quantitative estimate of drug-likeness (QED) is 0.283. The van der Waals surface area contributed by atoms with Crippen LogP contribution in [-0.4, -0.2) is 58.5 Å². The molecule has 1 N–H and O–H groups in total. The SMILES string of the molecule is Cc1ccccc1NC(=O)CSc1ncnc2c1sc1nc(N3CCOCC3)c3c(c12)CC(C)(C)OC3. The van der Waals surface area contributed by atoms with E-state index in [4.69, 9.17) is 19.4 Å². The van der Waals surface area contributed by atoms with E-state index >= 15 is 0 Å². The summed E-state index contributed by atoms with van der Waals surface area (Å²) >= 11 is 3.05. The second-order valence-corrected chi connectivity index (χ2v) is 12.0. The number of rotatable bonds is 5. The molecular formula is C27H29N5O3S2. The molecule has 0 atom stereocenters. The van der Waals surface area contributed by atoms with E-state index in [9.17, 15) is 4.79 Å². The van der Waals surface area contributed by atoms with E-state index in [1.54, 1.807) is 17.7 Å². The summed E-state index contributed by atoms with van der Waals surface area (Å²) in [6.45, 7) is 9.81. The molecule has 10 heteroatoms. The zero-order valence-corrected chi connectivity index (χ0v) is 22.8. The fourth-order valence-corrected chi connectivity index (χ4v) is 6.97. The minimum atomic E-state index is -0.268. The number of aryl methyl sites for hydroxylation is 1. The number of nitrogens with one attached hydrogen (secondary N) is 1. The van der Waals surface area contributed by atoms with Crippen molar-refractivity contribution >= 4 is 60.9 Å². The number of ether oxygens (including phenoxy) is 2. The van der Waals surface area contributed by atoms with Crippen LogP contribution < -0.4 is 10.2 Å². The molecule has 3 aromatic heterocycles. The Hall–Kier alpha value is -2.79. The number of amides is 1. The van der Waals surface area contributed by atoms with Crippen LogP contribution in [0.4, 0.5) is 11.5 Å². The highest BCUT2D eigenvalue weighted by Crippen LogP contribution is 2.44. The largest absolute Gasteiger partial charge is 0.378 e. The lowest BCUT2D eigenvalue weighted by Gasteiger charge is -2.36. The lowest BCUT2D eigenvalue weighted by Crippen LogP contribution is -2.39. The van der Waals surface area contributed by atoms with Crippen LogP contribution >= 0.6 is 23.1 Å². The van der Waals surface area contributed by atoms with E-state index in [2.05, 4.69) is 29.0 Å². The highest BCUT2D eigenvalue weighted by molar-refractivity contribution is 8.00. The number of thiophene rings is 1. The van der Waals surface area contributed by atoms with Gasteiger partial charge < -0.3 is 19.7 Å². The summed E-state index contributed by atoms with van der Waals surface area (Å²) in [7, 11) is 0. The number of thioether (sulfide) groups is 1. The topological polar surface area (TPSA) is 89.5 Å². The molecule has 0 bridgehead atoms. The Morgan fingerprint density at radius 1 is 1.19 bits per heavy atom. The zero-order chi connectivity index (χ0) is 25.6. The van der Waals surface area contributed by atoms with E-state index < -0.39 is 0 Å². The number of morpholine rings is 1. The van der Waals surface area contributed by atoms with Crippen LogP contribution in [0.15, 0.2) is 35.6 Å². The molecular weight excluding hydrogens is 506 g/mol. The van der Waals surface area contributed by atoms with Crippen molar-refractivity contribution in [2.45, 2.75) is 44.4 Å². The van der Waals surface area contributed by atoms with Crippen molar-refractivity contribution in [3.05, 3.63) is 47.3 Å². The maximum atomic E-state index is 12.7. The van der Waals surface area contributed by atoms with Gasteiger partial charge in [0.1, 0.15) is 22.0 Å². The summed E-state index contributed by atoms with van der Waals surface area (Å²) in [5.41, 5.74) is 4.93. The monoisotopic (exact) mass is 535 g/mol. The third-order valence-corrected chi connectivity index (χ3v) is 9.04. The first kappa shape index (κ1) is 24.5. The Morgan fingerprint density at radius 3 is 2.81 bits per heavy atom. The molecule has 0 unspecified atom stereocenters. The van der Waals surface area contributed by atoms with Gasteiger partial charge in [-0.05, 0) is 38.0 Å². The van der Waals surface area contributed by atoms with E-state index in [0.29, 0.717) is 19.8 Å². The first-order valence-corrected chi connectivity index (χ1v) is 14.2. The molecule has 4 aromatic rings. The third-order valence-electron chi connectivity index (χ3n) is 6.84. The molecule has 2 aliphatic heterocycles. The first-order chi connectivity index (χ1) is 17.9. The standard InChI is InChI=1S/C27H29N5O3S2/c1-16-6-4-5-7-19(16)30-20(33)14-36-26-23-22(28-15-29-26)21-17-12-27(2,3)35-13-18(17)24(31-25(21)37-23)32-8-10-34-11-9-32/h4-7,15H,8-14H2,1-3H3,(H,30,33). The molecule has 1 aromatic carbocycles. The molecule has 37 heavy (non-hydrogen) atoms. The summed E-state index contributed by atoms with van der Waals surface area (Å²) in [5.74, 6) is 1.20. The Morgan fingerprint density at radius 2 is 2.00 bits per heavy atom. The molecule has 5 heterocycles. The predicted molar refractivity (Wildman–Crippen MR) is 149 cm³/mol. The lowest BCUT2D eigenvalue weighted by molar-refractivity contribution is -0.113. The molecule has 0 radical (unpaired) electrons. The summed E-state index contributed by atoms with van der Waals surface area (Å²) < 4.78 is 12.8. The van der Waals surface area contributed by atoms with E-state index in [1.807, 2.05) is 31.2 Å². The number of aromatic nitrogens is 3. The molecule has 192 valence electrons. The summed E-state index contributed by atoms with van der Waals surface area (Å²) in [6, 6.07) is 7.79. The van der Waals surface area contributed by atoms with Gasteiger partial charge in [-0.1, -0.05) is 30.0 Å². The molecule has 1 fully saturated rings. The third kappa shape index (κ3) is 4.79. The first-order valence-electron chi connectivity index (χ1n) is 12.4. The second kappa shape index (κ2) is 9.83. The summed E-state index contributed by atoms with van der Waals surface area (Å²) in [4.78, 5) is 30.4. The van der Waals surface area contributed by atoms with Crippen molar-refractivity contribution in [2.75, 3.05) is 42.3 Å². The Balaban J connectivity index is 1.37. The van der Waals surface area contributed by atoms with Crippen molar-refractivity contribution in [2.24, 2.45) is 0 Å². The number of hydrogen-bond acceptors (Lipinski definition) is 9. The number of anilines is 2. The smallest absolute Gasteiger partial charge is 0.234 e. The fraction of sp³-hybridized carbons (Fsp3) is 0.407. The number of carbonyl (C=O) groups excluding carboxylic acids is 1. The summed E-state index contributed by atoms with van der Waals surface area (Å²) in [5, 5.41) is 4.91. The van der Waals surface area contributed by atoms with E-state index in [1.165, 1.54) is 17.3 Å². The van der Waals surface area contributed by atoms with E-state index in [-0.39, 0.29) is 17.3 Å². The fourth-order valence-electron chi connectivity index (χ4n) is 4.94. The molecule has 1 saturated heterocycles. The maximum Gasteiger partial charge on any atom is 0.234 e. The molecule has 0 saturated carbocycles. The van der Waals surface area contributed by atoms with Gasteiger partial charge in [-0.3, -0.25) is 4.79 Å². The molecule has 1 amide bonds. The van der Waals surface area contributed by atoms with Crippen LogP contribution in [0.5, 0.6) is 0 Å². The Labute approximate surface area is 223 Å². The van der Waals surface area contributed by atoms with Crippen LogP contribution in [0, 0.1) is 6.92 Å². The van der Waals surface area contributed by atoms with Crippen molar-refractivity contribution in [1.29, 1.82) is 0 Å². The van der Waals surface area contributed by atoms with Crippen LogP contribution in [0.1, 0.15) is 30.5 Å². The molecule has 0 spiro atoms. The average molecular weight is 536 g/mol. The number of nitrogens with zero attached hydrogens (tertiary/aromatic N) is 4. The number of carbonyl (C=O) groups is 1. The van der Waals surface area contributed by atoms with Crippen molar-refractivity contribution in [1.82, 2.24) is 15.0 Å². The minimum Gasteiger partial charge on any atom is -0.378 e. The summed E-state index contributed by atoms with van der Waals surface area (Å²) in [6.07, 6.45) is 2.39. The van der Waals surface area contributed by atoms with Crippen molar-refractivity contribution in [3.8, 4) is 0 Å². The van der Waals surface area contributed by atoms with Crippen LogP contribution in [-0.2, 0) is 27.3 Å². The molecule has 2 aliphatic rings. The van der Waals surface area contributed by atoms with Crippen LogP contribution in [0.3, 0.4) is 0 Å². The molecule has 6 rings (SSSR count). The second-order valence-electron chi connectivity index (χ2n) is 10.0. The van der Waals surface area contributed by atoms with E-state index in [0.717, 1.165) is 67.6 Å². The number of benzene rings is 1. The Kier molecular flexibility index (Phi) is 6.52. The van der Waals surface area contributed by atoms with Gasteiger partial charge in [0, 0.05) is 36.1 Å². The number of pyridine rings is 1. The van der Waals surface area contributed by atoms with Crippen LogP contribution in [0.25, 0.3) is 20.4 Å². The maximum absolute atomic E-state index is 12.7. The normalized spacial score (nSPS) is 17.2. The molecule has 8 nitrogen and oxygen atoms in total. The number of para-hydroxylation sites is 1. The molecule has 0 aliphatic carbocycles. The minimum absolute atomic E-state index is 0.0591. The van der Waals surface area contributed by atoms with Gasteiger partial charge in [0.15, 0.2) is 0 Å². The van der Waals surface area contributed by atoms with Gasteiger partial charge in [-0.2, -0.15) is 0 Å². The Bertz CT molecular complexity index is 1500. The highest BCUT2D eigenvalue weighted by Gasteiger charge is 2.33. The average Bonchev–Trinajstić information content (AvgIpc) is 3.28. The van der Waals surface area contributed by atoms with Gasteiger partial charge in [-0.25, -0.2) is 15.0 Å². The van der Waals surface area contributed by atoms with Gasteiger partial charge >= 0.3 is 0 Å². The lowest BCUT2D eigenvalue weighted by atomic mass is 9.90. The highest BCUT2D eigenvalue weighted by atomic mass is 32.2. The van der Waals surface area contributed by atoms with Crippen molar-refractivity contribution in [3.63, 3.8) is 0 Å². The number of hydrogen-bond donors (Lipinski definition) is 1. The van der Waals surface area contributed by atoms with Crippen LogP contribution in [0.2, 0.25) is 0 Å². The predicted octanol–water partition coefficient (Wildman–Crippen LogP) is 4.97. The van der Waals surface area contributed by atoms with Gasteiger partial charge in [0.2, 0.25) is 5.91 Å². The number of fused-ring (bicyclic) bond motifs is 5. The zero-order valence-electron chi connectivity index (χ0n) is 21.2. The van der Waals surface area contributed by atoms with Gasteiger partial charge in [0.25, 0.3) is 0 Å². The van der Waals surface area contributed by atoms with Gasteiger partial charge in [-0.15, -0.1) is 11.3 Å². The van der Waals surface area contributed by atoms with Crippen molar-refractivity contribution < 1.29 is 14.3 Å². The van der Waals surface area contributed by atoms with Gasteiger partial charge in [0.05, 0.1) is 41.4 Å².